The number of rotatable bonds is 3. The van der Waals surface area contributed by atoms with Crippen molar-refractivity contribution >= 4 is 17.6 Å². The van der Waals surface area contributed by atoms with E-state index >= 15 is 0 Å². The molecule has 1 aliphatic heterocycles. The van der Waals surface area contributed by atoms with Crippen molar-refractivity contribution in [2.75, 3.05) is 18.1 Å². The summed E-state index contributed by atoms with van der Waals surface area (Å²) in [7, 11) is 0. The van der Waals surface area contributed by atoms with Gasteiger partial charge in [0.15, 0.2) is 6.04 Å². The van der Waals surface area contributed by atoms with Gasteiger partial charge in [-0.1, -0.05) is 5.16 Å². The Labute approximate surface area is 167 Å². The lowest BCUT2D eigenvalue weighted by atomic mass is 10.1. The highest BCUT2D eigenvalue weighted by Gasteiger charge is 2.40. The number of aromatic nitrogens is 2. The van der Waals surface area contributed by atoms with Crippen LogP contribution in [0, 0.1) is 5.82 Å². The van der Waals surface area contributed by atoms with Crippen molar-refractivity contribution < 1.29 is 41.1 Å². The second kappa shape index (κ2) is 7.67. The molecule has 1 atom stereocenters. The average Bonchev–Trinajstić information content (AvgIpc) is 3.10. The van der Waals surface area contributed by atoms with Crippen LogP contribution in [0.15, 0.2) is 22.7 Å². The molecule has 12 heteroatoms. The maximum atomic E-state index is 14.6. The Morgan fingerprint density at radius 1 is 1.27 bits per heavy atom. The predicted molar refractivity (Wildman–Crippen MR) is 92.6 cm³/mol. The fourth-order valence-electron chi connectivity index (χ4n) is 2.73. The van der Waals surface area contributed by atoms with Crippen LogP contribution in [0.1, 0.15) is 26.7 Å². The number of alkyl halides is 3. The molecule has 1 aliphatic rings. The second-order valence-corrected chi connectivity index (χ2v) is 7.41. The minimum atomic E-state index is -4.87. The molecule has 2 heterocycles. The van der Waals surface area contributed by atoms with Gasteiger partial charge in [0.25, 0.3) is 5.91 Å². The van der Waals surface area contributed by atoms with Crippen molar-refractivity contribution in [3.63, 3.8) is 0 Å². The van der Waals surface area contributed by atoms with Gasteiger partial charge in [0.1, 0.15) is 18.0 Å². The number of halogens is 4. The number of anilines is 1. The van der Waals surface area contributed by atoms with E-state index in [0.29, 0.717) is 0 Å². The summed E-state index contributed by atoms with van der Waals surface area (Å²) in [6.45, 7) is 4.45. The molecule has 1 saturated heterocycles. The van der Waals surface area contributed by atoms with E-state index in [4.69, 9.17) is 9.47 Å². The summed E-state index contributed by atoms with van der Waals surface area (Å²) in [6, 6.07) is 2.07. The number of hydrogen-bond acceptors (Lipinski definition) is 7. The lowest BCUT2D eigenvalue weighted by Crippen LogP contribution is -2.55. The Kier molecular flexibility index (Phi) is 5.54. The molecule has 0 spiro atoms. The van der Waals surface area contributed by atoms with Crippen molar-refractivity contribution in [2.24, 2.45) is 0 Å². The number of carbonyl (C=O) groups excluding carboxylic acids is 2. The highest BCUT2D eigenvalue weighted by Crippen LogP contribution is 2.32. The molecular weight excluding hydrogens is 414 g/mol. The van der Waals surface area contributed by atoms with Crippen LogP contribution in [0.3, 0.4) is 0 Å². The summed E-state index contributed by atoms with van der Waals surface area (Å²) in [6.07, 6.45) is -4.87. The largest absolute Gasteiger partial charge is 0.471 e. The molecule has 0 N–H and O–H groups in total. The highest BCUT2D eigenvalue weighted by molar-refractivity contribution is 6.01. The predicted octanol–water partition coefficient (Wildman–Crippen LogP) is 2.97. The first-order valence-corrected chi connectivity index (χ1v) is 8.70. The summed E-state index contributed by atoms with van der Waals surface area (Å²) in [5.41, 5.74) is -1.19. The summed E-state index contributed by atoms with van der Waals surface area (Å²) in [5.74, 6) is -4.59. The third-order valence-corrected chi connectivity index (χ3v) is 3.90. The SMILES string of the molecule is CC(C)(C)OC(=O)C1COCC(=O)N1c1ccc(-c2noc(C(F)(F)F)n2)c(F)c1. The minimum Gasteiger partial charge on any atom is -0.458 e. The van der Waals surface area contributed by atoms with Gasteiger partial charge in [0.2, 0.25) is 5.82 Å². The Morgan fingerprint density at radius 2 is 1.97 bits per heavy atom. The number of ether oxygens (including phenoxy) is 2. The standard InChI is InChI=1S/C18H17F4N3O5/c1-17(2,3)29-15(27)12-7-28-8-13(26)25(12)9-4-5-10(11(19)6-9)14-23-16(30-24-14)18(20,21)22/h4-6,12H,7-8H2,1-3H3. The Hall–Kier alpha value is -3.02. The normalized spacial score (nSPS) is 17.9. The summed E-state index contributed by atoms with van der Waals surface area (Å²) >= 11 is 0. The van der Waals surface area contributed by atoms with Gasteiger partial charge in [0.05, 0.1) is 12.2 Å². The Balaban J connectivity index is 1.92. The van der Waals surface area contributed by atoms with Crippen LogP contribution in [-0.2, 0) is 25.2 Å². The van der Waals surface area contributed by atoms with Gasteiger partial charge in [-0.25, -0.2) is 9.18 Å². The molecule has 30 heavy (non-hydrogen) atoms. The molecule has 0 radical (unpaired) electrons. The summed E-state index contributed by atoms with van der Waals surface area (Å²) < 4.78 is 67.0. The maximum Gasteiger partial charge on any atom is 0.471 e. The van der Waals surface area contributed by atoms with Crippen LogP contribution in [-0.4, -0.2) is 46.9 Å². The quantitative estimate of drug-likeness (QED) is 0.545. The number of benzene rings is 1. The zero-order chi connectivity index (χ0) is 22.3. The van der Waals surface area contributed by atoms with E-state index in [1.807, 2.05) is 0 Å². The number of carbonyl (C=O) groups is 2. The van der Waals surface area contributed by atoms with E-state index in [1.54, 1.807) is 20.8 Å². The van der Waals surface area contributed by atoms with Gasteiger partial charge in [0, 0.05) is 5.69 Å². The first kappa shape index (κ1) is 21.7. The van der Waals surface area contributed by atoms with E-state index in [1.165, 1.54) is 6.07 Å². The Morgan fingerprint density at radius 3 is 2.53 bits per heavy atom. The van der Waals surface area contributed by atoms with Crippen LogP contribution < -0.4 is 4.90 Å². The molecule has 162 valence electrons. The number of morpholine rings is 1. The highest BCUT2D eigenvalue weighted by atomic mass is 19.4. The van der Waals surface area contributed by atoms with Gasteiger partial charge in [-0.15, -0.1) is 0 Å². The fourth-order valence-corrected chi connectivity index (χ4v) is 2.73. The number of amides is 1. The van der Waals surface area contributed by atoms with E-state index in [9.17, 15) is 27.2 Å². The van der Waals surface area contributed by atoms with E-state index in [-0.39, 0.29) is 24.5 Å². The van der Waals surface area contributed by atoms with Gasteiger partial charge < -0.3 is 14.0 Å². The molecule has 0 bridgehead atoms. The van der Waals surface area contributed by atoms with Crippen LogP contribution in [0.4, 0.5) is 23.2 Å². The van der Waals surface area contributed by atoms with Crippen molar-refractivity contribution in [3.05, 3.63) is 29.9 Å². The van der Waals surface area contributed by atoms with Crippen molar-refractivity contribution in [3.8, 4) is 11.4 Å². The second-order valence-electron chi connectivity index (χ2n) is 7.41. The Bertz CT molecular complexity index is 967. The zero-order valence-corrected chi connectivity index (χ0v) is 16.1. The lowest BCUT2D eigenvalue weighted by Gasteiger charge is -2.35. The molecular formula is C18H17F4N3O5. The van der Waals surface area contributed by atoms with Crippen LogP contribution in [0.5, 0.6) is 0 Å². The lowest BCUT2D eigenvalue weighted by molar-refractivity contribution is -0.161. The topological polar surface area (TPSA) is 94.8 Å². The molecule has 2 aromatic rings. The van der Waals surface area contributed by atoms with Gasteiger partial charge >= 0.3 is 18.0 Å². The summed E-state index contributed by atoms with van der Waals surface area (Å²) in [4.78, 5) is 29.0. The molecule has 1 aromatic heterocycles. The third-order valence-electron chi connectivity index (χ3n) is 3.90. The molecule has 8 nitrogen and oxygen atoms in total. The van der Waals surface area contributed by atoms with E-state index in [0.717, 1.165) is 17.0 Å². The molecule has 0 saturated carbocycles. The average molecular weight is 431 g/mol. The smallest absolute Gasteiger partial charge is 0.458 e. The monoisotopic (exact) mass is 431 g/mol. The zero-order valence-electron chi connectivity index (χ0n) is 16.1. The minimum absolute atomic E-state index is 0.0000473. The van der Waals surface area contributed by atoms with Crippen molar-refractivity contribution in [1.29, 1.82) is 0 Å². The van der Waals surface area contributed by atoms with E-state index < -0.39 is 47.2 Å². The number of nitrogens with zero attached hydrogens (tertiary/aromatic N) is 3. The molecule has 1 aromatic carbocycles. The molecule has 1 unspecified atom stereocenters. The maximum absolute atomic E-state index is 14.6. The number of hydrogen-bond donors (Lipinski definition) is 0. The van der Waals surface area contributed by atoms with Crippen molar-refractivity contribution in [1.82, 2.24) is 10.1 Å². The van der Waals surface area contributed by atoms with Crippen LogP contribution >= 0.6 is 0 Å². The summed E-state index contributed by atoms with van der Waals surface area (Å²) in [5, 5.41) is 3.13. The fraction of sp³-hybridized carbons (Fsp3) is 0.444. The molecule has 1 fully saturated rings. The number of esters is 1. The third kappa shape index (κ3) is 4.58. The first-order chi connectivity index (χ1) is 13.9. The molecule has 3 rings (SSSR count). The van der Waals surface area contributed by atoms with Crippen molar-refractivity contribution in [2.45, 2.75) is 38.6 Å². The van der Waals surface area contributed by atoms with Crippen LogP contribution in [0.2, 0.25) is 0 Å². The van der Waals surface area contributed by atoms with Gasteiger partial charge in [-0.2, -0.15) is 18.2 Å². The molecule has 0 aliphatic carbocycles. The van der Waals surface area contributed by atoms with E-state index in [2.05, 4.69) is 14.7 Å². The molecule has 1 amide bonds. The van der Waals surface area contributed by atoms with Crippen LogP contribution in [0.25, 0.3) is 11.4 Å². The van der Waals surface area contributed by atoms with Gasteiger partial charge in [-0.3, -0.25) is 9.69 Å². The first-order valence-electron chi connectivity index (χ1n) is 8.70. The van der Waals surface area contributed by atoms with Gasteiger partial charge in [-0.05, 0) is 39.0 Å².